The minimum absolute atomic E-state index is 0.0322. The molecule has 2 rings (SSSR count). The highest BCUT2D eigenvalue weighted by Crippen LogP contribution is 2.38. The Balaban J connectivity index is 2.34. The van der Waals surface area contributed by atoms with Crippen LogP contribution in [0.2, 0.25) is 0 Å². The number of rotatable bonds is 4. The summed E-state index contributed by atoms with van der Waals surface area (Å²) in [4.78, 5) is 27.5. The van der Waals surface area contributed by atoms with Gasteiger partial charge in [0.2, 0.25) is 11.8 Å². The van der Waals surface area contributed by atoms with Gasteiger partial charge in [-0.1, -0.05) is 40.0 Å². The molecule has 4 nitrogen and oxygen atoms in total. The van der Waals surface area contributed by atoms with Crippen LogP contribution >= 0.6 is 0 Å². The monoisotopic (exact) mass is 280 g/mol. The van der Waals surface area contributed by atoms with E-state index in [0.717, 1.165) is 32.1 Å². The van der Waals surface area contributed by atoms with Crippen molar-refractivity contribution in [2.75, 3.05) is 6.54 Å². The molecule has 2 unspecified atom stereocenters. The number of nitrogens with zero attached hydrogens (tertiary/aromatic N) is 1. The van der Waals surface area contributed by atoms with Crippen molar-refractivity contribution in [3.63, 3.8) is 0 Å². The summed E-state index contributed by atoms with van der Waals surface area (Å²) in [6.45, 7) is 8.87. The van der Waals surface area contributed by atoms with Gasteiger partial charge in [0.1, 0.15) is 11.1 Å². The van der Waals surface area contributed by atoms with Crippen LogP contribution < -0.4 is 5.32 Å². The zero-order valence-electron chi connectivity index (χ0n) is 13.3. The topological polar surface area (TPSA) is 49.4 Å². The fourth-order valence-electron chi connectivity index (χ4n) is 3.40. The summed E-state index contributed by atoms with van der Waals surface area (Å²) in [6.07, 6.45) is 5.36. The number of amides is 2. The number of piperazine rings is 1. The summed E-state index contributed by atoms with van der Waals surface area (Å²) in [5, 5.41) is 3.07. The first-order valence-corrected chi connectivity index (χ1v) is 8.04. The van der Waals surface area contributed by atoms with Crippen LogP contribution in [0.4, 0.5) is 0 Å². The zero-order valence-corrected chi connectivity index (χ0v) is 13.3. The van der Waals surface area contributed by atoms with Crippen LogP contribution in [0.1, 0.15) is 66.2 Å². The summed E-state index contributed by atoms with van der Waals surface area (Å²) in [7, 11) is 0. The number of carbonyl (C=O) groups is 2. The summed E-state index contributed by atoms with van der Waals surface area (Å²) in [6, 6.07) is 0. The molecule has 2 amide bonds. The maximum absolute atomic E-state index is 13.0. The fraction of sp³-hybridized carbons (Fsp3) is 0.875. The summed E-state index contributed by atoms with van der Waals surface area (Å²) < 4.78 is 0. The van der Waals surface area contributed by atoms with Gasteiger partial charge in [-0.3, -0.25) is 9.59 Å². The van der Waals surface area contributed by atoms with Crippen LogP contribution in [0.25, 0.3) is 0 Å². The van der Waals surface area contributed by atoms with E-state index in [-0.39, 0.29) is 11.8 Å². The standard InChI is InChI=1S/C16H28N2O2/c1-5-12(3)11-18-14(20)16(9-7-8-10-16)17-13(19)15(18,4)6-2/h12H,5-11H2,1-4H3,(H,17,19). The molecule has 1 heterocycles. The molecule has 0 aromatic heterocycles. The van der Waals surface area contributed by atoms with Gasteiger partial charge in [0.25, 0.3) is 0 Å². The van der Waals surface area contributed by atoms with Crippen molar-refractivity contribution in [3.05, 3.63) is 0 Å². The second-order valence-electron chi connectivity index (χ2n) is 6.80. The second kappa shape index (κ2) is 5.38. The first kappa shape index (κ1) is 15.3. The lowest BCUT2D eigenvalue weighted by Crippen LogP contribution is -2.74. The smallest absolute Gasteiger partial charge is 0.249 e. The Morgan fingerprint density at radius 2 is 1.85 bits per heavy atom. The van der Waals surface area contributed by atoms with Crippen molar-refractivity contribution >= 4 is 11.8 Å². The van der Waals surface area contributed by atoms with Crippen LogP contribution in [-0.4, -0.2) is 34.3 Å². The predicted octanol–water partition coefficient (Wildman–Crippen LogP) is 2.47. The Hall–Kier alpha value is -1.06. The average molecular weight is 280 g/mol. The van der Waals surface area contributed by atoms with Crippen molar-refractivity contribution < 1.29 is 9.59 Å². The van der Waals surface area contributed by atoms with E-state index >= 15 is 0 Å². The number of carbonyl (C=O) groups excluding carboxylic acids is 2. The second-order valence-corrected chi connectivity index (χ2v) is 6.80. The van der Waals surface area contributed by atoms with Gasteiger partial charge < -0.3 is 10.2 Å². The van der Waals surface area contributed by atoms with Gasteiger partial charge in [-0.2, -0.15) is 0 Å². The van der Waals surface area contributed by atoms with Gasteiger partial charge in [-0.25, -0.2) is 0 Å². The normalized spacial score (nSPS) is 30.7. The Labute approximate surface area is 122 Å². The van der Waals surface area contributed by atoms with Crippen molar-refractivity contribution in [3.8, 4) is 0 Å². The minimum Gasteiger partial charge on any atom is -0.340 e. The molecule has 20 heavy (non-hydrogen) atoms. The third-order valence-corrected chi connectivity index (χ3v) is 5.43. The SMILES string of the molecule is CCC(C)CN1C(=O)C2(CCCC2)NC(=O)C1(C)CC. The van der Waals surface area contributed by atoms with Crippen LogP contribution in [0.5, 0.6) is 0 Å². The molecule has 0 aromatic rings. The van der Waals surface area contributed by atoms with Gasteiger partial charge in [0, 0.05) is 6.54 Å². The Morgan fingerprint density at radius 3 is 2.35 bits per heavy atom. The highest BCUT2D eigenvalue weighted by molar-refractivity contribution is 6.02. The quantitative estimate of drug-likeness (QED) is 0.860. The van der Waals surface area contributed by atoms with Crippen molar-refractivity contribution in [1.82, 2.24) is 10.2 Å². The van der Waals surface area contributed by atoms with E-state index in [2.05, 4.69) is 19.2 Å². The maximum Gasteiger partial charge on any atom is 0.249 e. The largest absolute Gasteiger partial charge is 0.340 e. The molecular formula is C16H28N2O2. The maximum atomic E-state index is 13.0. The summed E-state index contributed by atoms with van der Waals surface area (Å²) in [5.41, 5.74) is -1.28. The van der Waals surface area contributed by atoms with E-state index in [4.69, 9.17) is 0 Å². The number of hydrogen-bond acceptors (Lipinski definition) is 2. The lowest BCUT2D eigenvalue weighted by molar-refractivity contribution is -0.163. The average Bonchev–Trinajstić information content (AvgIpc) is 2.90. The summed E-state index contributed by atoms with van der Waals surface area (Å²) >= 11 is 0. The van der Waals surface area contributed by atoms with E-state index < -0.39 is 11.1 Å². The van der Waals surface area contributed by atoms with Crippen LogP contribution in [-0.2, 0) is 9.59 Å². The third-order valence-electron chi connectivity index (χ3n) is 5.43. The van der Waals surface area contributed by atoms with E-state index in [1.54, 1.807) is 0 Å². The highest BCUT2D eigenvalue weighted by Gasteiger charge is 2.56. The molecule has 0 bridgehead atoms. The molecule has 0 radical (unpaired) electrons. The molecule has 1 saturated carbocycles. The van der Waals surface area contributed by atoms with Gasteiger partial charge in [-0.05, 0) is 32.1 Å². The van der Waals surface area contributed by atoms with Gasteiger partial charge in [0.05, 0.1) is 0 Å². The van der Waals surface area contributed by atoms with Gasteiger partial charge in [0.15, 0.2) is 0 Å². The van der Waals surface area contributed by atoms with E-state index in [1.165, 1.54) is 0 Å². The van der Waals surface area contributed by atoms with E-state index in [0.29, 0.717) is 18.9 Å². The molecule has 2 atom stereocenters. The summed E-state index contributed by atoms with van der Waals surface area (Å²) in [5.74, 6) is 0.609. The molecule has 1 spiro atoms. The molecule has 2 fully saturated rings. The molecule has 1 aliphatic heterocycles. The first-order chi connectivity index (χ1) is 9.39. The Morgan fingerprint density at radius 1 is 1.25 bits per heavy atom. The molecule has 4 heteroatoms. The van der Waals surface area contributed by atoms with Crippen molar-refractivity contribution in [1.29, 1.82) is 0 Å². The van der Waals surface area contributed by atoms with E-state index in [1.807, 2.05) is 18.7 Å². The lowest BCUT2D eigenvalue weighted by atomic mass is 9.82. The van der Waals surface area contributed by atoms with Gasteiger partial charge >= 0.3 is 0 Å². The molecular weight excluding hydrogens is 252 g/mol. The Kier molecular flexibility index (Phi) is 4.12. The molecule has 114 valence electrons. The molecule has 0 aromatic carbocycles. The molecule has 1 saturated heterocycles. The van der Waals surface area contributed by atoms with E-state index in [9.17, 15) is 9.59 Å². The van der Waals surface area contributed by atoms with Crippen molar-refractivity contribution in [2.45, 2.75) is 77.3 Å². The predicted molar refractivity (Wildman–Crippen MR) is 79.2 cm³/mol. The number of nitrogens with one attached hydrogen (secondary N) is 1. The van der Waals surface area contributed by atoms with Crippen LogP contribution in [0.15, 0.2) is 0 Å². The zero-order chi connectivity index (χ0) is 15.0. The number of hydrogen-bond donors (Lipinski definition) is 1. The molecule has 2 aliphatic rings. The van der Waals surface area contributed by atoms with Crippen molar-refractivity contribution in [2.24, 2.45) is 5.92 Å². The third kappa shape index (κ3) is 2.23. The molecule has 1 N–H and O–H groups in total. The van der Waals surface area contributed by atoms with Gasteiger partial charge in [-0.15, -0.1) is 0 Å². The highest BCUT2D eigenvalue weighted by atomic mass is 16.2. The first-order valence-electron chi connectivity index (χ1n) is 8.04. The lowest BCUT2D eigenvalue weighted by Gasteiger charge is -2.50. The molecule has 1 aliphatic carbocycles. The minimum atomic E-state index is -0.686. The van der Waals surface area contributed by atoms with Crippen LogP contribution in [0, 0.1) is 5.92 Å². The van der Waals surface area contributed by atoms with Crippen LogP contribution in [0.3, 0.4) is 0 Å². The Bertz CT molecular complexity index is 401. The fourth-order valence-corrected chi connectivity index (χ4v) is 3.40.